The number of halogens is 1. The summed E-state index contributed by atoms with van der Waals surface area (Å²) in [6.45, 7) is 0. The molecule has 13 heavy (non-hydrogen) atoms. The van der Waals surface area contributed by atoms with Gasteiger partial charge in [-0.05, 0) is 18.2 Å². The molecule has 1 amide bonds. The fourth-order valence-corrected chi connectivity index (χ4v) is 1.55. The number of carbonyl (C=O) groups excluding carboxylic acids is 1. The minimum Gasteiger partial charge on any atom is -0.399 e. The molecule has 5 heteroatoms. The smallest absolute Gasteiger partial charge is 0.227 e. The molecule has 0 bridgehead atoms. The molecule has 0 unspecified atom stereocenters. The van der Waals surface area contributed by atoms with Crippen molar-refractivity contribution in [3.63, 3.8) is 0 Å². The molecule has 1 aromatic carbocycles. The van der Waals surface area contributed by atoms with Gasteiger partial charge in [0, 0.05) is 10.6 Å². The molecule has 0 aliphatic rings. The molecule has 0 aliphatic heterocycles. The van der Waals surface area contributed by atoms with Crippen molar-refractivity contribution in [1.29, 1.82) is 0 Å². The zero-order valence-electron chi connectivity index (χ0n) is 6.79. The normalized spacial score (nSPS) is 9.92. The third-order valence-corrected chi connectivity index (χ3v) is 2.27. The lowest BCUT2D eigenvalue weighted by Gasteiger charge is -2.00. The van der Waals surface area contributed by atoms with Crippen LogP contribution in [-0.2, 0) is 4.79 Å². The number of thioether (sulfide) groups is 1. The largest absolute Gasteiger partial charge is 0.399 e. The van der Waals surface area contributed by atoms with E-state index in [0.717, 1.165) is 11.8 Å². The Morgan fingerprint density at radius 1 is 1.46 bits per heavy atom. The van der Waals surface area contributed by atoms with Crippen LogP contribution in [0.3, 0.4) is 0 Å². The Morgan fingerprint density at radius 2 is 2.15 bits per heavy atom. The zero-order valence-corrected chi connectivity index (χ0v) is 7.60. The van der Waals surface area contributed by atoms with Crippen molar-refractivity contribution in [2.75, 3.05) is 11.5 Å². The van der Waals surface area contributed by atoms with Gasteiger partial charge in [-0.15, -0.1) is 11.8 Å². The SMILES string of the molecule is NC(=O)CSc1cc(N)cc(F)c1. The first-order valence-electron chi connectivity index (χ1n) is 3.55. The van der Waals surface area contributed by atoms with E-state index in [1.165, 1.54) is 12.1 Å². The molecule has 0 saturated heterocycles. The van der Waals surface area contributed by atoms with E-state index in [4.69, 9.17) is 11.5 Å². The van der Waals surface area contributed by atoms with Gasteiger partial charge in [-0.25, -0.2) is 4.39 Å². The number of anilines is 1. The lowest BCUT2D eigenvalue weighted by atomic mass is 10.3. The van der Waals surface area contributed by atoms with Crippen LogP contribution in [-0.4, -0.2) is 11.7 Å². The van der Waals surface area contributed by atoms with Gasteiger partial charge in [0.2, 0.25) is 5.91 Å². The predicted molar refractivity (Wildman–Crippen MR) is 50.7 cm³/mol. The van der Waals surface area contributed by atoms with Crippen molar-refractivity contribution in [3.05, 3.63) is 24.0 Å². The summed E-state index contributed by atoms with van der Waals surface area (Å²) in [5.41, 5.74) is 10.7. The summed E-state index contributed by atoms with van der Waals surface area (Å²) in [4.78, 5) is 11.0. The second-order valence-electron chi connectivity index (χ2n) is 2.48. The van der Waals surface area contributed by atoms with Crippen LogP contribution in [0.4, 0.5) is 10.1 Å². The molecule has 0 aromatic heterocycles. The summed E-state index contributed by atoms with van der Waals surface area (Å²) in [5, 5.41) is 0. The maximum atomic E-state index is 12.7. The fourth-order valence-electron chi connectivity index (χ4n) is 0.822. The summed E-state index contributed by atoms with van der Waals surface area (Å²) < 4.78 is 12.7. The van der Waals surface area contributed by atoms with Gasteiger partial charge >= 0.3 is 0 Å². The first kappa shape index (κ1) is 9.85. The molecule has 0 aliphatic carbocycles. The third kappa shape index (κ3) is 3.33. The molecule has 0 atom stereocenters. The first-order chi connectivity index (χ1) is 6.08. The van der Waals surface area contributed by atoms with Gasteiger partial charge in [0.25, 0.3) is 0 Å². The molecular weight excluding hydrogens is 191 g/mol. The highest BCUT2D eigenvalue weighted by atomic mass is 32.2. The number of carbonyl (C=O) groups is 1. The quantitative estimate of drug-likeness (QED) is 0.564. The lowest BCUT2D eigenvalue weighted by molar-refractivity contribution is -0.115. The highest BCUT2D eigenvalue weighted by molar-refractivity contribution is 8.00. The van der Waals surface area contributed by atoms with Gasteiger partial charge < -0.3 is 11.5 Å². The minimum absolute atomic E-state index is 0.128. The molecule has 3 nitrogen and oxygen atoms in total. The van der Waals surface area contributed by atoms with E-state index in [2.05, 4.69) is 0 Å². The number of benzene rings is 1. The van der Waals surface area contributed by atoms with Gasteiger partial charge in [0.1, 0.15) is 5.82 Å². The number of nitrogens with two attached hydrogens (primary N) is 2. The third-order valence-electron chi connectivity index (χ3n) is 1.27. The van der Waals surface area contributed by atoms with Crippen molar-refractivity contribution >= 4 is 23.4 Å². The molecule has 0 saturated carbocycles. The summed E-state index contributed by atoms with van der Waals surface area (Å²) in [6, 6.07) is 4.12. The topological polar surface area (TPSA) is 69.1 Å². The van der Waals surface area contributed by atoms with Crippen LogP contribution in [0.2, 0.25) is 0 Å². The van der Waals surface area contributed by atoms with E-state index in [0.29, 0.717) is 10.6 Å². The summed E-state index contributed by atoms with van der Waals surface area (Å²) in [7, 11) is 0. The van der Waals surface area contributed by atoms with E-state index >= 15 is 0 Å². The Hall–Kier alpha value is -1.23. The van der Waals surface area contributed by atoms with Gasteiger partial charge in [0.05, 0.1) is 5.75 Å². The Balaban J connectivity index is 2.71. The van der Waals surface area contributed by atoms with Crippen molar-refractivity contribution < 1.29 is 9.18 Å². The molecule has 0 radical (unpaired) electrons. The van der Waals surface area contributed by atoms with Gasteiger partial charge in [0.15, 0.2) is 0 Å². The Kier molecular flexibility index (Phi) is 3.13. The fraction of sp³-hybridized carbons (Fsp3) is 0.125. The van der Waals surface area contributed by atoms with Crippen LogP contribution in [0.25, 0.3) is 0 Å². The van der Waals surface area contributed by atoms with Crippen LogP contribution in [0, 0.1) is 5.82 Å². The van der Waals surface area contributed by atoms with Crippen LogP contribution in [0.15, 0.2) is 23.1 Å². The van der Waals surface area contributed by atoms with Crippen molar-refractivity contribution in [1.82, 2.24) is 0 Å². The highest BCUT2D eigenvalue weighted by Gasteiger charge is 2.01. The molecule has 70 valence electrons. The second-order valence-corrected chi connectivity index (χ2v) is 3.52. The molecular formula is C8H9FN2OS. The second kappa shape index (κ2) is 4.13. The molecule has 4 N–H and O–H groups in total. The average Bonchev–Trinajstić information content (AvgIpc) is 1.99. The number of amides is 1. The van der Waals surface area contributed by atoms with E-state index in [-0.39, 0.29) is 5.75 Å². The van der Waals surface area contributed by atoms with E-state index in [1.54, 1.807) is 6.07 Å². The van der Waals surface area contributed by atoms with Crippen LogP contribution >= 0.6 is 11.8 Å². The van der Waals surface area contributed by atoms with E-state index < -0.39 is 11.7 Å². The summed E-state index contributed by atoms with van der Waals surface area (Å²) in [5.74, 6) is -0.720. The lowest BCUT2D eigenvalue weighted by Crippen LogP contribution is -2.12. The van der Waals surface area contributed by atoms with Crippen molar-refractivity contribution in [2.24, 2.45) is 5.73 Å². The molecule has 0 spiro atoms. The maximum Gasteiger partial charge on any atom is 0.227 e. The average molecular weight is 200 g/mol. The minimum atomic E-state index is -0.437. The number of hydrogen-bond acceptors (Lipinski definition) is 3. The first-order valence-corrected chi connectivity index (χ1v) is 4.53. The standard InChI is InChI=1S/C8H9FN2OS/c9-5-1-6(10)3-7(2-5)13-4-8(11)12/h1-3H,4,10H2,(H2,11,12). The Labute approximate surface area is 79.3 Å². The summed E-state index contributed by atoms with van der Waals surface area (Å²) >= 11 is 1.16. The van der Waals surface area contributed by atoms with E-state index in [9.17, 15) is 9.18 Å². The van der Waals surface area contributed by atoms with Crippen LogP contribution < -0.4 is 11.5 Å². The molecule has 0 fully saturated rings. The highest BCUT2D eigenvalue weighted by Crippen LogP contribution is 2.21. The van der Waals surface area contributed by atoms with Crippen molar-refractivity contribution in [3.8, 4) is 0 Å². The number of primary amides is 1. The maximum absolute atomic E-state index is 12.7. The Morgan fingerprint density at radius 3 is 2.69 bits per heavy atom. The van der Waals surface area contributed by atoms with Crippen LogP contribution in [0.5, 0.6) is 0 Å². The number of nitrogen functional groups attached to an aromatic ring is 1. The van der Waals surface area contributed by atoms with Crippen LogP contribution in [0.1, 0.15) is 0 Å². The Bertz CT molecular complexity index is 310. The van der Waals surface area contributed by atoms with E-state index in [1.807, 2.05) is 0 Å². The molecule has 0 heterocycles. The number of hydrogen-bond donors (Lipinski definition) is 2. The zero-order chi connectivity index (χ0) is 9.84. The van der Waals surface area contributed by atoms with Gasteiger partial charge in [-0.3, -0.25) is 4.79 Å². The van der Waals surface area contributed by atoms with Gasteiger partial charge in [-0.2, -0.15) is 0 Å². The number of rotatable bonds is 3. The summed E-state index contributed by atoms with van der Waals surface area (Å²) in [6.07, 6.45) is 0. The molecule has 1 rings (SSSR count). The predicted octanol–water partition coefficient (Wildman–Crippen LogP) is 0.985. The van der Waals surface area contributed by atoms with Gasteiger partial charge in [-0.1, -0.05) is 0 Å². The monoisotopic (exact) mass is 200 g/mol. The van der Waals surface area contributed by atoms with Crippen molar-refractivity contribution in [2.45, 2.75) is 4.90 Å². The molecule has 1 aromatic rings.